The second-order valence-electron chi connectivity index (χ2n) is 7.35. The molecule has 1 amide bonds. The lowest BCUT2D eigenvalue weighted by Gasteiger charge is -2.27. The fourth-order valence-corrected chi connectivity index (χ4v) is 2.64. The molecular weight excluding hydrogens is 344 g/mol. The molecular formula is C21H26N2O4. The van der Waals surface area contributed by atoms with Crippen LogP contribution in [-0.4, -0.2) is 16.4 Å². The van der Waals surface area contributed by atoms with Gasteiger partial charge in [0, 0.05) is 6.07 Å². The van der Waals surface area contributed by atoms with Crippen LogP contribution in [0.1, 0.15) is 57.7 Å². The lowest BCUT2D eigenvalue weighted by Crippen LogP contribution is -2.47. The Morgan fingerprint density at radius 2 is 1.59 bits per heavy atom. The van der Waals surface area contributed by atoms with Crippen molar-refractivity contribution in [2.45, 2.75) is 52.2 Å². The smallest absolute Gasteiger partial charge is 0.310 e. The van der Waals surface area contributed by atoms with E-state index in [4.69, 9.17) is 4.74 Å². The number of amides is 1. The number of nitro groups is 1. The number of ether oxygens (including phenoxy) is 1. The van der Waals surface area contributed by atoms with Crippen molar-refractivity contribution in [3.8, 4) is 5.75 Å². The van der Waals surface area contributed by atoms with E-state index in [1.807, 2.05) is 19.1 Å². The Morgan fingerprint density at radius 3 is 2.15 bits per heavy atom. The highest BCUT2D eigenvalue weighted by Crippen LogP contribution is 2.30. The van der Waals surface area contributed by atoms with E-state index in [2.05, 4.69) is 31.3 Å². The van der Waals surface area contributed by atoms with Crippen LogP contribution in [-0.2, 0) is 4.79 Å². The van der Waals surface area contributed by atoms with Gasteiger partial charge in [-0.05, 0) is 43.9 Å². The van der Waals surface area contributed by atoms with Crippen molar-refractivity contribution < 1.29 is 14.5 Å². The van der Waals surface area contributed by atoms with Crippen molar-refractivity contribution in [2.24, 2.45) is 0 Å². The van der Waals surface area contributed by atoms with Crippen LogP contribution in [0.3, 0.4) is 0 Å². The van der Waals surface area contributed by atoms with Crippen LogP contribution in [0.25, 0.3) is 0 Å². The maximum Gasteiger partial charge on any atom is 0.310 e. The maximum atomic E-state index is 12.7. The maximum absolute atomic E-state index is 12.7. The Hall–Kier alpha value is -2.89. The van der Waals surface area contributed by atoms with Crippen molar-refractivity contribution in [1.82, 2.24) is 5.32 Å². The molecule has 0 bridgehead atoms. The van der Waals surface area contributed by atoms with Crippen LogP contribution in [0.2, 0.25) is 0 Å². The molecule has 0 aliphatic carbocycles. The average Bonchev–Trinajstić information content (AvgIpc) is 2.61. The Labute approximate surface area is 159 Å². The quantitative estimate of drug-likeness (QED) is 0.563. The molecule has 2 rings (SSSR count). The van der Waals surface area contributed by atoms with Crippen molar-refractivity contribution in [3.05, 3.63) is 69.8 Å². The first-order chi connectivity index (χ1) is 12.6. The van der Waals surface area contributed by atoms with Gasteiger partial charge in [0.2, 0.25) is 0 Å². The molecule has 2 aromatic carbocycles. The van der Waals surface area contributed by atoms with Gasteiger partial charge in [0.25, 0.3) is 5.91 Å². The first-order valence-corrected chi connectivity index (χ1v) is 8.95. The summed E-state index contributed by atoms with van der Waals surface area (Å²) >= 11 is 0. The molecule has 0 spiro atoms. The van der Waals surface area contributed by atoms with E-state index < -0.39 is 10.5 Å². The number of carbonyl (C=O) groups is 1. The number of hydrogen-bond acceptors (Lipinski definition) is 4. The van der Waals surface area contributed by atoms with Gasteiger partial charge in [0.05, 0.1) is 11.0 Å². The number of rotatable bonds is 7. The summed E-state index contributed by atoms with van der Waals surface area (Å²) in [6, 6.07) is 13.9. The first-order valence-electron chi connectivity index (χ1n) is 8.95. The third kappa shape index (κ3) is 5.06. The molecule has 0 saturated heterocycles. The summed E-state index contributed by atoms with van der Waals surface area (Å²) in [7, 11) is 0. The number of benzene rings is 2. The van der Waals surface area contributed by atoms with Gasteiger partial charge in [-0.15, -0.1) is 0 Å². The van der Waals surface area contributed by atoms with Gasteiger partial charge in [0.15, 0.2) is 11.4 Å². The van der Waals surface area contributed by atoms with Crippen LogP contribution >= 0.6 is 0 Å². The summed E-state index contributed by atoms with van der Waals surface area (Å²) in [6.07, 6.45) is 0. The molecule has 0 heterocycles. The van der Waals surface area contributed by atoms with E-state index in [1.165, 1.54) is 17.7 Å². The van der Waals surface area contributed by atoms with E-state index in [9.17, 15) is 14.9 Å². The van der Waals surface area contributed by atoms with E-state index in [0.29, 0.717) is 5.92 Å². The van der Waals surface area contributed by atoms with Gasteiger partial charge in [-0.1, -0.05) is 50.2 Å². The topological polar surface area (TPSA) is 81.5 Å². The first kappa shape index (κ1) is 20.4. The number of carbonyl (C=O) groups excluding carboxylic acids is 1. The molecule has 0 aliphatic rings. The summed E-state index contributed by atoms with van der Waals surface area (Å²) in [5.41, 5.74) is 0.778. The van der Waals surface area contributed by atoms with Crippen LogP contribution in [0.4, 0.5) is 5.69 Å². The lowest BCUT2D eigenvalue weighted by molar-refractivity contribution is -0.386. The molecule has 0 radical (unpaired) electrons. The highest BCUT2D eigenvalue weighted by atomic mass is 16.6. The fourth-order valence-electron chi connectivity index (χ4n) is 2.64. The largest absolute Gasteiger partial charge is 0.471 e. The average molecular weight is 370 g/mol. The van der Waals surface area contributed by atoms with Crippen molar-refractivity contribution in [2.75, 3.05) is 0 Å². The van der Waals surface area contributed by atoms with Crippen LogP contribution < -0.4 is 10.1 Å². The summed E-state index contributed by atoms with van der Waals surface area (Å²) in [4.78, 5) is 23.3. The van der Waals surface area contributed by atoms with Crippen molar-refractivity contribution in [3.63, 3.8) is 0 Å². The number of para-hydroxylation sites is 2. The Kier molecular flexibility index (Phi) is 6.20. The van der Waals surface area contributed by atoms with Crippen LogP contribution in [0.5, 0.6) is 5.75 Å². The zero-order valence-corrected chi connectivity index (χ0v) is 16.4. The summed E-state index contributed by atoms with van der Waals surface area (Å²) < 4.78 is 5.69. The molecule has 0 aliphatic heterocycles. The van der Waals surface area contributed by atoms with Gasteiger partial charge in [-0.2, -0.15) is 0 Å². The summed E-state index contributed by atoms with van der Waals surface area (Å²) in [6.45, 7) is 9.33. The highest BCUT2D eigenvalue weighted by molar-refractivity contribution is 5.85. The Morgan fingerprint density at radius 1 is 1.04 bits per heavy atom. The second kappa shape index (κ2) is 8.20. The SMILES string of the molecule is CC(C)c1ccc([C@H](C)NC(=O)C(C)(C)Oc2ccccc2[N+](=O)[O-])cc1. The summed E-state index contributed by atoms with van der Waals surface area (Å²) in [5.74, 6) is 0.163. The molecule has 144 valence electrons. The predicted molar refractivity (Wildman–Crippen MR) is 105 cm³/mol. The molecule has 1 atom stereocenters. The van der Waals surface area contributed by atoms with Crippen LogP contribution in [0, 0.1) is 10.1 Å². The van der Waals surface area contributed by atoms with Crippen molar-refractivity contribution >= 4 is 11.6 Å². The number of nitro benzene ring substituents is 1. The standard InChI is InChI=1S/C21H26N2O4/c1-14(2)16-10-12-17(13-11-16)15(3)22-20(24)21(4,5)27-19-9-7-6-8-18(19)23(25)26/h6-15H,1-5H3,(H,22,24)/t15-/m0/s1. The van der Waals surface area contributed by atoms with E-state index >= 15 is 0 Å². The highest BCUT2D eigenvalue weighted by Gasteiger charge is 2.33. The molecule has 0 unspecified atom stereocenters. The molecule has 0 fully saturated rings. The van der Waals surface area contributed by atoms with Gasteiger partial charge in [-0.3, -0.25) is 14.9 Å². The Bertz CT molecular complexity index is 813. The zero-order valence-electron chi connectivity index (χ0n) is 16.4. The third-order valence-corrected chi connectivity index (χ3v) is 4.42. The number of nitrogens with zero attached hydrogens (tertiary/aromatic N) is 1. The van der Waals surface area contributed by atoms with Gasteiger partial charge in [0.1, 0.15) is 0 Å². The minimum absolute atomic E-state index is 0.0663. The monoisotopic (exact) mass is 370 g/mol. The van der Waals surface area contributed by atoms with Gasteiger partial charge in [-0.25, -0.2) is 0 Å². The van der Waals surface area contributed by atoms with Gasteiger partial charge < -0.3 is 10.1 Å². The minimum Gasteiger partial charge on any atom is -0.471 e. The van der Waals surface area contributed by atoms with Crippen molar-refractivity contribution in [1.29, 1.82) is 0 Å². The molecule has 27 heavy (non-hydrogen) atoms. The second-order valence-corrected chi connectivity index (χ2v) is 7.35. The zero-order chi connectivity index (χ0) is 20.2. The number of hydrogen-bond donors (Lipinski definition) is 1. The molecule has 6 heteroatoms. The molecule has 1 N–H and O–H groups in total. The van der Waals surface area contributed by atoms with E-state index in [0.717, 1.165) is 5.56 Å². The summed E-state index contributed by atoms with van der Waals surface area (Å²) in [5, 5.41) is 14.1. The molecule has 0 saturated carbocycles. The van der Waals surface area contributed by atoms with E-state index in [1.54, 1.807) is 26.0 Å². The minimum atomic E-state index is -1.27. The van der Waals surface area contributed by atoms with Gasteiger partial charge >= 0.3 is 5.69 Å². The molecule has 0 aromatic heterocycles. The Balaban J connectivity index is 2.10. The normalized spacial score (nSPS) is 12.5. The van der Waals surface area contributed by atoms with Crippen LogP contribution in [0.15, 0.2) is 48.5 Å². The predicted octanol–water partition coefficient (Wildman–Crippen LogP) is 4.75. The fraction of sp³-hybridized carbons (Fsp3) is 0.381. The van der Waals surface area contributed by atoms with E-state index in [-0.39, 0.29) is 23.4 Å². The number of nitrogens with one attached hydrogen (secondary N) is 1. The third-order valence-electron chi connectivity index (χ3n) is 4.42. The molecule has 2 aromatic rings. The lowest BCUT2D eigenvalue weighted by atomic mass is 9.99. The molecule has 6 nitrogen and oxygen atoms in total.